The number of hydrogen-bond donors (Lipinski definition) is 1. The number of aliphatic hydroxyl groups excluding tert-OH is 1. The Morgan fingerprint density at radius 2 is 2.00 bits per heavy atom. The highest BCUT2D eigenvalue weighted by Gasteiger charge is 2.27. The Balaban J connectivity index is 2.41. The molecule has 0 fully saturated rings. The maximum absolute atomic E-state index is 13.2. The van der Waals surface area contributed by atoms with Crippen LogP contribution in [-0.4, -0.2) is 30.5 Å². The van der Waals surface area contributed by atoms with E-state index in [1.165, 1.54) is 13.2 Å². The van der Waals surface area contributed by atoms with E-state index in [0.717, 1.165) is 0 Å². The van der Waals surface area contributed by atoms with Crippen molar-refractivity contribution in [3.63, 3.8) is 0 Å². The molecule has 0 bridgehead atoms. The van der Waals surface area contributed by atoms with Gasteiger partial charge in [-0.3, -0.25) is 0 Å². The largest absolute Gasteiger partial charge is 0.388 e. The summed E-state index contributed by atoms with van der Waals surface area (Å²) < 4.78 is 23.6. The first kappa shape index (κ1) is 14.1. The third-order valence-electron chi connectivity index (χ3n) is 2.82. The van der Waals surface area contributed by atoms with Crippen molar-refractivity contribution in [3.8, 4) is 0 Å². The van der Waals surface area contributed by atoms with Crippen LogP contribution in [0.2, 0.25) is 0 Å². The van der Waals surface area contributed by atoms with Crippen molar-refractivity contribution in [1.82, 2.24) is 0 Å². The summed E-state index contributed by atoms with van der Waals surface area (Å²) >= 11 is 0. The van der Waals surface area contributed by atoms with Crippen LogP contribution in [0.25, 0.3) is 0 Å². The van der Waals surface area contributed by atoms with Gasteiger partial charge >= 0.3 is 0 Å². The summed E-state index contributed by atoms with van der Waals surface area (Å²) in [7, 11) is 1.53. The molecule has 96 valence electrons. The molecule has 0 saturated heterocycles. The number of halogens is 1. The lowest BCUT2D eigenvalue weighted by Gasteiger charge is -2.28. The van der Waals surface area contributed by atoms with Gasteiger partial charge in [0.25, 0.3) is 0 Å². The molecule has 4 heteroatoms. The fourth-order valence-electron chi connectivity index (χ4n) is 1.23. The van der Waals surface area contributed by atoms with Gasteiger partial charge in [0.1, 0.15) is 11.9 Å². The molecule has 0 aromatic heterocycles. The molecule has 0 aliphatic heterocycles. The number of rotatable bonds is 6. The van der Waals surface area contributed by atoms with E-state index in [4.69, 9.17) is 9.47 Å². The number of ether oxygens (including phenoxy) is 2. The Kier molecular flexibility index (Phi) is 5.05. The predicted molar refractivity (Wildman–Crippen MR) is 63.2 cm³/mol. The van der Waals surface area contributed by atoms with E-state index in [9.17, 15) is 9.50 Å². The normalized spacial score (nSPS) is 13.7. The zero-order valence-electron chi connectivity index (χ0n) is 10.4. The zero-order valence-corrected chi connectivity index (χ0v) is 10.4. The molecule has 1 rings (SSSR count). The first-order chi connectivity index (χ1) is 7.97. The van der Waals surface area contributed by atoms with Gasteiger partial charge in [-0.2, -0.15) is 0 Å². The number of methoxy groups -OCH3 is 1. The molecule has 1 unspecified atom stereocenters. The minimum Gasteiger partial charge on any atom is -0.388 e. The van der Waals surface area contributed by atoms with Crippen molar-refractivity contribution in [2.75, 3.05) is 13.7 Å². The second-order valence-corrected chi connectivity index (χ2v) is 4.43. The van der Waals surface area contributed by atoms with E-state index < -0.39 is 11.7 Å². The van der Waals surface area contributed by atoms with Crippen molar-refractivity contribution >= 4 is 0 Å². The summed E-state index contributed by atoms with van der Waals surface area (Å²) in [6.45, 7) is 3.78. The van der Waals surface area contributed by atoms with Crippen LogP contribution < -0.4 is 0 Å². The maximum atomic E-state index is 13.2. The minimum atomic E-state index is -0.751. The second-order valence-electron chi connectivity index (χ2n) is 4.43. The molecule has 3 nitrogen and oxygen atoms in total. The highest BCUT2D eigenvalue weighted by molar-refractivity contribution is 5.16. The SMILES string of the molecule is COC(C)(C)C(O)COCc1ccccc1F. The highest BCUT2D eigenvalue weighted by atomic mass is 19.1. The van der Waals surface area contributed by atoms with Crippen LogP contribution >= 0.6 is 0 Å². The lowest BCUT2D eigenvalue weighted by molar-refractivity contribution is -0.109. The Bertz CT molecular complexity index is 352. The third-order valence-corrected chi connectivity index (χ3v) is 2.82. The molecule has 0 heterocycles. The van der Waals surface area contributed by atoms with Gasteiger partial charge in [0.15, 0.2) is 0 Å². The lowest BCUT2D eigenvalue weighted by Crippen LogP contribution is -2.41. The Hall–Kier alpha value is -0.970. The quantitative estimate of drug-likeness (QED) is 0.830. The van der Waals surface area contributed by atoms with Gasteiger partial charge in [-0.25, -0.2) is 4.39 Å². The molecule has 0 amide bonds. The van der Waals surface area contributed by atoms with Crippen LogP contribution in [0.1, 0.15) is 19.4 Å². The number of aliphatic hydroxyl groups is 1. The monoisotopic (exact) mass is 242 g/mol. The van der Waals surface area contributed by atoms with Crippen LogP contribution in [0.5, 0.6) is 0 Å². The molecular formula is C13H19FO3. The van der Waals surface area contributed by atoms with E-state index in [0.29, 0.717) is 5.56 Å². The van der Waals surface area contributed by atoms with E-state index >= 15 is 0 Å². The van der Waals surface area contributed by atoms with Gasteiger partial charge in [0.05, 0.1) is 18.8 Å². The Morgan fingerprint density at radius 1 is 1.35 bits per heavy atom. The van der Waals surface area contributed by atoms with Gasteiger partial charge in [-0.1, -0.05) is 18.2 Å². The molecule has 1 aromatic rings. The first-order valence-electron chi connectivity index (χ1n) is 5.51. The van der Waals surface area contributed by atoms with E-state index in [1.807, 2.05) is 0 Å². The summed E-state index contributed by atoms with van der Waals surface area (Å²) in [6, 6.07) is 6.41. The predicted octanol–water partition coefficient (Wildman–Crippen LogP) is 2.13. The average Bonchev–Trinajstić information content (AvgIpc) is 2.31. The number of hydrogen-bond acceptors (Lipinski definition) is 3. The van der Waals surface area contributed by atoms with E-state index in [-0.39, 0.29) is 19.0 Å². The summed E-state index contributed by atoms with van der Waals surface area (Å²) in [5.74, 6) is -0.298. The van der Waals surface area contributed by atoms with Gasteiger partial charge in [-0.05, 0) is 19.9 Å². The molecule has 0 radical (unpaired) electrons. The minimum absolute atomic E-state index is 0.106. The van der Waals surface area contributed by atoms with Crippen molar-refractivity contribution < 1.29 is 19.0 Å². The summed E-state index contributed by atoms with van der Waals surface area (Å²) in [5.41, 5.74) is -0.190. The van der Waals surface area contributed by atoms with Crippen molar-refractivity contribution in [3.05, 3.63) is 35.6 Å². The molecule has 17 heavy (non-hydrogen) atoms. The molecule has 0 spiro atoms. The standard InChI is InChI=1S/C13H19FO3/c1-13(2,16-3)12(15)9-17-8-10-6-4-5-7-11(10)14/h4-7,12,15H,8-9H2,1-3H3. The van der Waals surface area contributed by atoms with Gasteiger partial charge in [-0.15, -0.1) is 0 Å². The van der Waals surface area contributed by atoms with E-state index in [2.05, 4.69) is 0 Å². The topological polar surface area (TPSA) is 38.7 Å². The van der Waals surface area contributed by atoms with Crippen LogP contribution in [0.3, 0.4) is 0 Å². The molecule has 0 saturated carbocycles. The fourth-order valence-corrected chi connectivity index (χ4v) is 1.23. The van der Waals surface area contributed by atoms with Gasteiger partial charge in [0.2, 0.25) is 0 Å². The van der Waals surface area contributed by atoms with Crippen molar-refractivity contribution in [2.45, 2.75) is 32.2 Å². The second kappa shape index (κ2) is 6.10. The van der Waals surface area contributed by atoms with E-state index in [1.54, 1.807) is 32.0 Å². The van der Waals surface area contributed by atoms with Crippen LogP contribution in [0, 0.1) is 5.82 Å². The smallest absolute Gasteiger partial charge is 0.128 e. The highest BCUT2D eigenvalue weighted by Crippen LogP contribution is 2.15. The molecule has 0 aliphatic carbocycles. The zero-order chi connectivity index (χ0) is 12.9. The first-order valence-corrected chi connectivity index (χ1v) is 5.51. The maximum Gasteiger partial charge on any atom is 0.128 e. The molecule has 1 N–H and O–H groups in total. The molecule has 1 atom stereocenters. The van der Waals surface area contributed by atoms with Crippen LogP contribution in [-0.2, 0) is 16.1 Å². The number of benzene rings is 1. The summed E-state index contributed by atoms with van der Waals surface area (Å²) in [5, 5.41) is 9.78. The third kappa shape index (κ3) is 4.07. The lowest BCUT2D eigenvalue weighted by atomic mass is 10.0. The fraction of sp³-hybridized carbons (Fsp3) is 0.538. The van der Waals surface area contributed by atoms with Crippen LogP contribution in [0.4, 0.5) is 4.39 Å². The average molecular weight is 242 g/mol. The Morgan fingerprint density at radius 3 is 2.59 bits per heavy atom. The van der Waals surface area contributed by atoms with Crippen molar-refractivity contribution in [2.24, 2.45) is 0 Å². The summed E-state index contributed by atoms with van der Waals surface area (Å²) in [4.78, 5) is 0. The van der Waals surface area contributed by atoms with Crippen LogP contribution in [0.15, 0.2) is 24.3 Å². The molecular weight excluding hydrogens is 223 g/mol. The van der Waals surface area contributed by atoms with Gasteiger partial charge < -0.3 is 14.6 Å². The molecule has 1 aromatic carbocycles. The van der Waals surface area contributed by atoms with Crippen molar-refractivity contribution in [1.29, 1.82) is 0 Å². The van der Waals surface area contributed by atoms with Gasteiger partial charge in [0, 0.05) is 12.7 Å². The Labute approximate surface area is 101 Å². The summed E-state index contributed by atoms with van der Waals surface area (Å²) in [6.07, 6.45) is -0.751. The molecule has 0 aliphatic rings.